The van der Waals surface area contributed by atoms with E-state index in [1.807, 2.05) is 0 Å². The van der Waals surface area contributed by atoms with Gasteiger partial charge in [0.05, 0.1) is 18.1 Å². The molecule has 0 radical (unpaired) electrons. The van der Waals surface area contributed by atoms with Crippen molar-refractivity contribution in [3.8, 4) is 0 Å². The molecule has 0 fully saturated rings. The Morgan fingerprint density at radius 3 is 2.21 bits per heavy atom. The highest BCUT2D eigenvalue weighted by atomic mass is 35.5. The number of esters is 2. The van der Waals surface area contributed by atoms with Crippen LogP contribution in [0.5, 0.6) is 0 Å². The number of carbonyl (C=O) groups excluding carboxylic acids is 3. The monoisotopic (exact) mass is 358 g/mol. The molecule has 0 aliphatic carbocycles. The number of halogens is 1. The number of amides is 1. The number of benzene rings is 1. The van der Waals surface area contributed by atoms with Gasteiger partial charge in [-0.15, -0.1) is 0 Å². The fourth-order valence-corrected chi connectivity index (χ4v) is 1.86. The van der Waals surface area contributed by atoms with Crippen molar-refractivity contribution in [1.82, 2.24) is 5.32 Å². The molecule has 9 nitrogen and oxygen atoms in total. The van der Waals surface area contributed by atoms with Crippen LogP contribution in [0, 0.1) is 10.1 Å². The number of hydrogen-bond acceptors (Lipinski definition) is 7. The Labute approximate surface area is 142 Å². The average molecular weight is 359 g/mol. The summed E-state index contributed by atoms with van der Waals surface area (Å²) in [6.07, 6.45) is 0. The van der Waals surface area contributed by atoms with Gasteiger partial charge in [0, 0.05) is 11.6 Å². The van der Waals surface area contributed by atoms with Gasteiger partial charge >= 0.3 is 11.9 Å². The smallest absolute Gasteiger partial charge is 0.340 e. The van der Waals surface area contributed by atoms with E-state index in [-0.39, 0.29) is 23.8 Å². The van der Waals surface area contributed by atoms with Gasteiger partial charge in [0.25, 0.3) is 11.6 Å². The van der Waals surface area contributed by atoms with Crippen LogP contribution in [0.15, 0.2) is 18.2 Å². The topological polar surface area (TPSA) is 125 Å². The molecule has 1 aromatic carbocycles. The molecule has 0 unspecified atom stereocenters. The summed E-state index contributed by atoms with van der Waals surface area (Å²) in [6.45, 7) is 3.06. The molecule has 0 saturated carbocycles. The van der Waals surface area contributed by atoms with E-state index in [0.717, 1.165) is 6.07 Å². The molecule has 1 rings (SSSR count). The Kier molecular flexibility index (Phi) is 7.12. The lowest BCUT2D eigenvalue weighted by molar-refractivity contribution is -0.384. The van der Waals surface area contributed by atoms with E-state index in [1.165, 1.54) is 26.0 Å². The number of carbonyl (C=O) groups is 3. The van der Waals surface area contributed by atoms with Gasteiger partial charge in [0.2, 0.25) is 6.04 Å². The molecule has 1 amide bonds. The fraction of sp³-hybridized carbons (Fsp3) is 0.357. The zero-order valence-corrected chi connectivity index (χ0v) is 13.7. The molecule has 0 atom stereocenters. The van der Waals surface area contributed by atoms with Crippen LogP contribution in [0.3, 0.4) is 0 Å². The Balaban J connectivity index is 3.03. The summed E-state index contributed by atoms with van der Waals surface area (Å²) in [6, 6.07) is 1.65. The van der Waals surface area contributed by atoms with Crippen molar-refractivity contribution in [1.29, 1.82) is 0 Å². The van der Waals surface area contributed by atoms with Crippen LogP contribution >= 0.6 is 11.6 Å². The highest BCUT2D eigenvalue weighted by Gasteiger charge is 2.32. The van der Waals surface area contributed by atoms with E-state index in [0.29, 0.717) is 0 Å². The van der Waals surface area contributed by atoms with E-state index in [9.17, 15) is 24.5 Å². The Morgan fingerprint density at radius 2 is 1.75 bits per heavy atom. The third-order valence-electron chi connectivity index (χ3n) is 2.73. The van der Waals surface area contributed by atoms with Gasteiger partial charge in [-0.05, 0) is 26.0 Å². The fourth-order valence-electron chi connectivity index (χ4n) is 1.67. The van der Waals surface area contributed by atoms with Gasteiger partial charge in [-0.25, -0.2) is 9.59 Å². The molecule has 1 N–H and O–H groups in total. The molecule has 0 bridgehead atoms. The van der Waals surface area contributed by atoms with Crippen LogP contribution in [-0.2, 0) is 19.1 Å². The number of rotatable bonds is 7. The van der Waals surface area contributed by atoms with Crippen molar-refractivity contribution in [2.45, 2.75) is 19.9 Å². The maximum absolute atomic E-state index is 12.2. The van der Waals surface area contributed by atoms with Crippen molar-refractivity contribution in [2.75, 3.05) is 13.2 Å². The number of nitro benzene ring substituents is 1. The largest absolute Gasteiger partial charge is 0.464 e. The first-order valence-corrected chi connectivity index (χ1v) is 7.27. The highest BCUT2D eigenvalue weighted by molar-refractivity contribution is 6.32. The second-order valence-electron chi connectivity index (χ2n) is 4.33. The second-order valence-corrected chi connectivity index (χ2v) is 4.74. The summed E-state index contributed by atoms with van der Waals surface area (Å²) in [4.78, 5) is 45.8. The summed E-state index contributed by atoms with van der Waals surface area (Å²) in [5, 5.41) is 12.8. The van der Waals surface area contributed by atoms with Gasteiger partial charge in [0.15, 0.2) is 0 Å². The third-order valence-corrected chi connectivity index (χ3v) is 3.04. The van der Waals surface area contributed by atoms with E-state index in [2.05, 4.69) is 5.32 Å². The molecular weight excluding hydrogens is 344 g/mol. The quantitative estimate of drug-likeness (QED) is 0.338. The standard InChI is InChI=1S/C14H15ClN2O7/c1-3-23-13(19)11(14(20)24-4-2)16-12(18)8-5-6-9(15)10(7-8)17(21)22/h5-7,11H,3-4H2,1-2H3,(H,16,18). The van der Waals surface area contributed by atoms with Crippen LogP contribution in [0.2, 0.25) is 5.02 Å². The van der Waals surface area contributed by atoms with Crippen molar-refractivity contribution >= 4 is 35.1 Å². The molecule has 0 spiro atoms. The minimum atomic E-state index is -1.67. The Hall–Kier alpha value is -2.68. The lowest BCUT2D eigenvalue weighted by Gasteiger charge is -2.15. The summed E-state index contributed by atoms with van der Waals surface area (Å²) in [5.74, 6) is -2.87. The van der Waals surface area contributed by atoms with Crippen molar-refractivity contribution in [3.63, 3.8) is 0 Å². The van der Waals surface area contributed by atoms with Gasteiger partial charge < -0.3 is 14.8 Å². The first-order valence-electron chi connectivity index (χ1n) is 6.89. The minimum Gasteiger partial charge on any atom is -0.464 e. The normalized spacial score (nSPS) is 10.2. The van der Waals surface area contributed by atoms with E-state index in [4.69, 9.17) is 21.1 Å². The van der Waals surface area contributed by atoms with Crippen LogP contribution in [0.25, 0.3) is 0 Å². The molecule has 130 valence electrons. The second kappa shape index (κ2) is 8.82. The molecule has 1 aromatic rings. The summed E-state index contributed by atoms with van der Waals surface area (Å²) >= 11 is 5.66. The third kappa shape index (κ3) is 4.92. The summed E-state index contributed by atoms with van der Waals surface area (Å²) < 4.78 is 9.41. The van der Waals surface area contributed by atoms with Crippen molar-refractivity contribution in [3.05, 3.63) is 38.9 Å². The van der Waals surface area contributed by atoms with Crippen LogP contribution in [0.4, 0.5) is 5.69 Å². The zero-order valence-electron chi connectivity index (χ0n) is 12.9. The highest BCUT2D eigenvalue weighted by Crippen LogP contribution is 2.25. The van der Waals surface area contributed by atoms with E-state index >= 15 is 0 Å². The van der Waals surface area contributed by atoms with Crippen LogP contribution < -0.4 is 5.32 Å². The molecular formula is C14H15ClN2O7. The number of hydrogen-bond donors (Lipinski definition) is 1. The van der Waals surface area contributed by atoms with Gasteiger partial charge in [0.1, 0.15) is 5.02 Å². The zero-order chi connectivity index (χ0) is 18.3. The van der Waals surface area contributed by atoms with Gasteiger partial charge in [-0.2, -0.15) is 0 Å². The Bertz CT molecular complexity index is 645. The minimum absolute atomic E-state index is 0.00295. The molecule has 24 heavy (non-hydrogen) atoms. The molecule has 0 aliphatic heterocycles. The Morgan fingerprint density at radius 1 is 1.21 bits per heavy atom. The van der Waals surface area contributed by atoms with Crippen molar-refractivity contribution < 1.29 is 28.8 Å². The van der Waals surface area contributed by atoms with Crippen LogP contribution in [-0.4, -0.2) is 42.0 Å². The SMILES string of the molecule is CCOC(=O)C(NC(=O)c1ccc(Cl)c([N+](=O)[O-])c1)C(=O)OCC. The molecule has 0 saturated heterocycles. The lowest BCUT2D eigenvalue weighted by atomic mass is 10.1. The maximum Gasteiger partial charge on any atom is 0.340 e. The average Bonchev–Trinajstić information content (AvgIpc) is 2.52. The summed E-state index contributed by atoms with van der Waals surface area (Å²) in [5.41, 5.74) is -0.627. The molecule has 0 aliphatic rings. The first-order chi connectivity index (χ1) is 11.3. The number of nitrogens with zero attached hydrogens (tertiary/aromatic N) is 1. The first kappa shape index (κ1) is 19.4. The van der Waals surface area contributed by atoms with E-state index < -0.39 is 34.5 Å². The lowest BCUT2D eigenvalue weighted by Crippen LogP contribution is -2.48. The van der Waals surface area contributed by atoms with Crippen LogP contribution in [0.1, 0.15) is 24.2 Å². The maximum atomic E-state index is 12.2. The predicted molar refractivity (Wildman–Crippen MR) is 82.6 cm³/mol. The molecule has 10 heteroatoms. The van der Waals surface area contributed by atoms with Gasteiger partial charge in [-0.1, -0.05) is 11.6 Å². The number of ether oxygens (including phenoxy) is 2. The molecule has 0 heterocycles. The van der Waals surface area contributed by atoms with Crippen molar-refractivity contribution in [2.24, 2.45) is 0 Å². The van der Waals surface area contributed by atoms with Gasteiger partial charge in [-0.3, -0.25) is 14.9 Å². The predicted octanol–water partition coefficient (Wildman–Crippen LogP) is 1.47. The summed E-state index contributed by atoms with van der Waals surface area (Å²) in [7, 11) is 0. The number of nitrogens with one attached hydrogen (secondary N) is 1. The molecule has 0 aromatic heterocycles. The van der Waals surface area contributed by atoms with E-state index in [1.54, 1.807) is 0 Å². The number of nitro groups is 1.